The molecule has 1 aliphatic carbocycles. The summed E-state index contributed by atoms with van der Waals surface area (Å²) in [5, 5.41) is 16.6. The van der Waals surface area contributed by atoms with Crippen molar-refractivity contribution in [2.45, 2.75) is 19.8 Å². The molecule has 1 heterocycles. The fourth-order valence-corrected chi connectivity index (χ4v) is 1.83. The molecule has 1 aromatic rings. The van der Waals surface area contributed by atoms with Crippen molar-refractivity contribution >= 4 is 23.4 Å². The van der Waals surface area contributed by atoms with Crippen LogP contribution in [0.3, 0.4) is 0 Å². The van der Waals surface area contributed by atoms with E-state index in [0.717, 1.165) is 12.8 Å². The predicted molar refractivity (Wildman–Crippen MR) is 75.5 cm³/mol. The molecule has 0 saturated heterocycles. The molecular weight excluding hydrogens is 278 g/mol. The van der Waals surface area contributed by atoms with E-state index < -0.39 is 4.92 Å². The van der Waals surface area contributed by atoms with E-state index in [1.54, 1.807) is 0 Å². The number of nitrogens with two attached hydrogens (primary N) is 1. The Labute approximate surface area is 120 Å². The lowest BCUT2D eigenvalue weighted by atomic mass is 10.3. The first-order valence-corrected chi connectivity index (χ1v) is 6.54. The van der Waals surface area contributed by atoms with Gasteiger partial charge in [0.05, 0.1) is 4.92 Å². The highest BCUT2D eigenvalue weighted by atomic mass is 16.6. The molecule has 1 aliphatic rings. The Kier molecular flexibility index (Phi) is 4.48. The van der Waals surface area contributed by atoms with E-state index >= 15 is 0 Å². The SMILES string of the molecule is Cc1nc(NN)nc(NCCNC(=O)C2CC2)c1[N+](=O)[O-]. The fourth-order valence-electron chi connectivity index (χ4n) is 1.83. The molecule has 1 saturated carbocycles. The summed E-state index contributed by atoms with van der Waals surface area (Å²) in [5.41, 5.74) is 2.25. The summed E-state index contributed by atoms with van der Waals surface area (Å²) in [6.45, 7) is 2.18. The Balaban J connectivity index is 1.98. The molecule has 1 fully saturated rings. The van der Waals surface area contributed by atoms with Gasteiger partial charge in [0, 0.05) is 19.0 Å². The number of aryl methyl sites for hydroxylation is 1. The van der Waals surface area contributed by atoms with E-state index in [1.807, 2.05) is 0 Å². The van der Waals surface area contributed by atoms with Gasteiger partial charge in [0.25, 0.3) is 0 Å². The topological polar surface area (TPSA) is 148 Å². The van der Waals surface area contributed by atoms with Gasteiger partial charge in [-0.1, -0.05) is 0 Å². The monoisotopic (exact) mass is 295 g/mol. The number of nitro groups is 1. The zero-order valence-electron chi connectivity index (χ0n) is 11.5. The van der Waals surface area contributed by atoms with E-state index in [-0.39, 0.29) is 35.0 Å². The maximum Gasteiger partial charge on any atom is 0.332 e. The first-order valence-electron chi connectivity index (χ1n) is 6.54. The summed E-state index contributed by atoms with van der Waals surface area (Å²) in [4.78, 5) is 29.7. The zero-order valence-corrected chi connectivity index (χ0v) is 11.5. The highest BCUT2D eigenvalue weighted by molar-refractivity contribution is 5.80. The van der Waals surface area contributed by atoms with Crippen molar-refractivity contribution in [3.63, 3.8) is 0 Å². The van der Waals surface area contributed by atoms with Crippen LogP contribution in [-0.2, 0) is 4.79 Å². The van der Waals surface area contributed by atoms with E-state index in [1.165, 1.54) is 6.92 Å². The number of hydrazine groups is 1. The molecule has 114 valence electrons. The average molecular weight is 295 g/mol. The van der Waals surface area contributed by atoms with Crippen LogP contribution in [0.15, 0.2) is 0 Å². The second kappa shape index (κ2) is 6.31. The van der Waals surface area contributed by atoms with Crippen molar-refractivity contribution in [3.8, 4) is 0 Å². The zero-order chi connectivity index (χ0) is 15.4. The van der Waals surface area contributed by atoms with Crippen LogP contribution in [-0.4, -0.2) is 33.9 Å². The van der Waals surface area contributed by atoms with Gasteiger partial charge < -0.3 is 10.6 Å². The maximum atomic E-state index is 11.4. The van der Waals surface area contributed by atoms with E-state index in [2.05, 4.69) is 26.0 Å². The lowest BCUT2D eigenvalue weighted by Gasteiger charge is -2.09. The highest BCUT2D eigenvalue weighted by Gasteiger charge is 2.29. The molecule has 0 aliphatic heterocycles. The first kappa shape index (κ1) is 14.9. The lowest BCUT2D eigenvalue weighted by molar-refractivity contribution is -0.385. The van der Waals surface area contributed by atoms with Crippen molar-refractivity contribution in [1.29, 1.82) is 0 Å². The number of aromatic nitrogens is 2. The van der Waals surface area contributed by atoms with Gasteiger partial charge in [-0.2, -0.15) is 4.98 Å². The number of carbonyl (C=O) groups is 1. The molecule has 10 nitrogen and oxygen atoms in total. The van der Waals surface area contributed by atoms with Gasteiger partial charge in [0.1, 0.15) is 5.69 Å². The Morgan fingerprint density at radius 3 is 2.71 bits per heavy atom. The number of nitrogens with zero attached hydrogens (tertiary/aromatic N) is 3. The van der Waals surface area contributed by atoms with Crippen molar-refractivity contribution in [2.24, 2.45) is 11.8 Å². The van der Waals surface area contributed by atoms with Gasteiger partial charge in [-0.15, -0.1) is 0 Å². The summed E-state index contributed by atoms with van der Waals surface area (Å²) in [7, 11) is 0. The molecule has 1 amide bonds. The van der Waals surface area contributed by atoms with Crippen LogP contribution in [0, 0.1) is 23.0 Å². The minimum Gasteiger partial charge on any atom is -0.362 e. The normalized spacial score (nSPS) is 13.6. The van der Waals surface area contributed by atoms with Crippen LogP contribution in [0.25, 0.3) is 0 Å². The highest BCUT2D eigenvalue weighted by Crippen LogP contribution is 2.28. The summed E-state index contributed by atoms with van der Waals surface area (Å²) in [6, 6.07) is 0. The van der Waals surface area contributed by atoms with Gasteiger partial charge in [-0.3, -0.25) is 20.3 Å². The third-order valence-corrected chi connectivity index (χ3v) is 3.03. The number of carbonyl (C=O) groups excluding carboxylic acids is 1. The summed E-state index contributed by atoms with van der Waals surface area (Å²) in [6.07, 6.45) is 1.86. The third kappa shape index (κ3) is 3.75. The number of amides is 1. The second-order valence-electron chi connectivity index (χ2n) is 4.72. The molecule has 0 radical (unpaired) electrons. The molecule has 5 N–H and O–H groups in total. The molecule has 1 aromatic heterocycles. The lowest BCUT2D eigenvalue weighted by Crippen LogP contribution is -2.30. The van der Waals surface area contributed by atoms with Gasteiger partial charge >= 0.3 is 5.69 Å². The number of nitrogen functional groups attached to an aromatic ring is 1. The van der Waals surface area contributed by atoms with Crippen LogP contribution in [0.1, 0.15) is 18.5 Å². The minimum absolute atomic E-state index is 0.0227. The van der Waals surface area contributed by atoms with Gasteiger partial charge in [-0.05, 0) is 19.8 Å². The first-order chi connectivity index (χ1) is 10.0. The molecule has 0 spiro atoms. The van der Waals surface area contributed by atoms with Crippen LogP contribution in [0.4, 0.5) is 17.5 Å². The Morgan fingerprint density at radius 2 is 2.14 bits per heavy atom. The van der Waals surface area contributed by atoms with Crippen molar-refractivity contribution in [3.05, 3.63) is 15.8 Å². The summed E-state index contributed by atoms with van der Waals surface area (Å²) < 4.78 is 0. The number of rotatable bonds is 7. The molecular formula is C11H17N7O3. The Morgan fingerprint density at radius 1 is 1.43 bits per heavy atom. The molecule has 10 heteroatoms. The fraction of sp³-hybridized carbons (Fsp3) is 0.545. The van der Waals surface area contributed by atoms with Crippen LogP contribution in [0.5, 0.6) is 0 Å². The molecule has 21 heavy (non-hydrogen) atoms. The Hall–Kier alpha value is -2.49. The van der Waals surface area contributed by atoms with E-state index in [0.29, 0.717) is 13.1 Å². The molecule has 0 atom stereocenters. The summed E-state index contributed by atoms with van der Waals surface area (Å²) in [5.74, 6) is 5.53. The van der Waals surface area contributed by atoms with E-state index in [9.17, 15) is 14.9 Å². The third-order valence-electron chi connectivity index (χ3n) is 3.03. The molecule has 0 bridgehead atoms. The average Bonchev–Trinajstić information content (AvgIpc) is 3.26. The van der Waals surface area contributed by atoms with Crippen molar-refractivity contribution < 1.29 is 9.72 Å². The number of anilines is 2. The van der Waals surface area contributed by atoms with E-state index in [4.69, 9.17) is 5.84 Å². The Bertz CT molecular complexity index is 559. The van der Waals surface area contributed by atoms with Crippen LogP contribution >= 0.6 is 0 Å². The van der Waals surface area contributed by atoms with Crippen molar-refractivity contribution in [1.82, 2.24) is 15.3 Å². The molecule has 0 aromatic carbocycles. The predicted octanol–water partition coefficient (Wildman–Crippen LogP) is -0.0831. The smallest absolute Gasteiger partial charge is 0.332 e. The second-order valence-corrected chi connectivity index (χ2v) is 4.72. The number of hydrogen-bond acceptors (Lipinski definition) is 8. The quantitative estimate of drug-likeness (QED) is 0.236. The van der Waals surface area contributed by atoms with Crippen molar-refractivity contribution in [2.75, 3.05) is 23.8 Å². The standard InChI is InChI=1S/C11H17N7O3/c1-6-8(18(20)21)9(16-11(15-6)17-12)13-4-5-14-10(19)7-2-3-7/h7H,2-5,12H2,1H3,(H,14,19)(H2,13,15,16,17). The maximum absolute atomic E-state index is 11.4. The van der Waals surface area contributed by atoms with Gasteiger partial charge in [-0.25, -0.2) is 10.8 Å². The minimum atomic E-state index is -0.555. The largest absolute Gasteiger partial charge is 0.362 e. The summed E-state index contributed by atoms with van der Waals surface area (Å²) >= 11 is 0. The van der Waals surface area contributed by atoms with Crippen LogP contribution < -0.4 is 21.9 Å². The number of nitrogens with one attached hydrogen (secondary N) is 3. The van der Waals surface area contributed by atoms with Gasteiger partial charge in [0.2, 0.25) is 17.7 Å². The number of hydrogen-bond donors (Lipinski definition) is 4. The van der Waals surface area contributed by atoms with Crippen LogP contribution in [0.2, 0.25) is 0 Å². The molecule has 0 unspecified atom stereocenters. The molecule has 2 rings (SSSR count). The van der Waals surface area contributed by atoms with Gasteiger partial charge in [0.15, 0.2) is 0 Å².